The fraction of sp³-hybridized carbons (Fsp3) is 0.250. The van der Waals surface area contributed by atoms with Crippen molar-refractivity contribution in [3.63, 3.8) is 0 Å². The van der Waals surface area contributed by atoms with Crippen LogP contribution in [-0.2, 0) is 4.79 Å². The third-order valence-electron chi connectivity index (χ3n) is 4.23. The largest absolute Gasteiger partial charge is 0.369 e. The first-order valence-electron chi connectivity index (χ1n) is 8.28. The molecule has 1 aliphatic rings. The van der Waals surface area contributed by atoms with Gasteiger partial charge in [-0.1, -0.05) is 30.3 Å². The molecular formula is C20H23N3O. The van der Waals surface area contributed by atoms with Crippen LogP contribution in [0.1, 0.15) is 5.56 Å². The molecule has 1 heterocycles. The smallest absolute Gasteiger partial charge is 0.248 e. The first kappa shape index (κ1) is 16.3. The van der Waals surface area contributed by atoms with E-state index in [-0.39, 0.29) is 5.91 Å². The number of nitrogens with zero attached hydrogens (tertiary/aromatic N) is 2. The zero-order valence-electron chi connectivity index (χ0n) is 14.0. The van der Waals surface area contributed by atoms with E-state index in [1.807, 2.05) is 48.5 Å². The molecule has 0 spiro atoms. The standard InChI is InChI=1S/C20H23N3O/c1-22-13-15-23(16-14-22)19-10-8-18(9-11-19)21-20(24)12-7-17-5-3-2-4-6-17/h2-12H,13-16H2,1H3,(H,21,24). The third-order valence-corrected chi connectivity index (χ3v) is 4.23. The van der Waals surface area contributed by atoms with Gasteiger partial charge >= 0.3 is 0 Å². The molecule has 2 aromatic carbocycles. The van der Waals surface area contributed by atoms with Gasteiger partial charge in [0.1, 0.15) is 0 Å². The summed E-state index contributed by atoms with van der Waals surface area (Å²) < 4.78 is 0. The Balaban J connectivity index is 1.56. The first-order valence-corrected chi connectivity index (χ1v) is 8.28. The van der Waals surface area contributed by atoms with Crippen molar-refractivity contribution in [3.8, 4) is 0 Å². The minimum absolute atomic E-state index is 0.119. The molecule has 2 aromatic rings. The van der Waals surface area contributed by atoms with Crippen LogP contribution in [0.25, 0.3) is 6.08 Å². The molecule has 1 aliphatic heterocycles. The summed E-state index contributed by atoms with van der Waals surface area (Å²) in [4.78, 5) is 16.7. The van der Waals surface area contributed by atoms with Crippen molar-refractivity contribution in [2.24, 2.45) is 0 Å². The monoisotopic (exact) mass is 321 g/mol. The summed E-state index contributed by atoms with van der Waals surface area (Å²) in [5.41, 5.74) is 3.04. The van der Waals surface area contributed by atoms with Gasteiger partial charge in [0.05, 0.1) is 0 Å². The molecule has 0 radical (unpaired) electrons. The summed E-state index contributed by atoms with van der Waals surface area (Å²) in [6.45, 7) is 4.26. The highest BCUT2D eigenvalue weighted by Gasteiger charge is 2.13. The lowest BCUT2D eigenvalue weighted by Gasteiger charge is -2.34. The lowest BCUT2D eigenvalue weighted by atomic mass is 10.2. The molecular weight excluding hydrogens is 298 g/mol. The lowest BCUT2D eigenvalue weighted by Crippen LogP contribution is -2.44. The van der Waals surface area contributed by atoms with Gasteiger partial charge in [0, 0.05) is 43.6 Å². The van der Waals surface area contributed by atoms with Crippen LogP contribution in [0, 0.1) is 0 Å². The average Bonchev–Trinajstić information content (AvgIpc) is 2.62. The van der Waals surface area contributed by atoms with Crippen LogP contribution in [0.5, 0.6) is 0 Å². The van der Waals surface area contributed by atoms with Gasteiger partial charge in [-0.25, -0.2) is 0 Å². The van der Waals surface area contributed by atoms with Crippen molar-refractivity contribution in [2.45, 2.75) is 0 Å². The lowest BCUT2D eigenvalue weighted by molar-refractivity contribution is -0.111. The van der Waals surface area contributed by atoms with Gasteiger partial charge in [-0.05, 0) is 43.0 Å². The maximum atomic E-state index is 12.0. The van der Waals surface area contributed by atoms with E-state index in [4.69, 9.17) is 0 Å². The average molecular weight is 321 g/mol. The Hall–Kier alpha value is -2.59. The Kier molecular flexibility index (Phi) is 5.29. The van der Waals surface area contributed by atoms with Crippen molar-refractivity contribution in [2.75, 3.05) is 43.4 Å². The molecule has 4 nitrogen and oxygen atoms in total. The van der Waals surface area contributed by atoms with Crippen LogP contribution < -0.4 is 10.2 Å². The van der Waals surface area contributed by atoms with E-state index in [1.165, 1.54) is 5.69 Å². The van der Waals surface area contributed by atoms with Crippen LogP contribution in [0.4, 0.5) is 11.4 Å². The van der Waals surface area contributed by atoms with Gasteiger partial charge in [0.2, 0.25) is 5.91 Å². The number of likely N-dealkylation sites (N-methyl/N-ethyl adjacent to an activating group) is 1. The second-order valence-corrected chi connectivity index (χ2v) is 6.07. The first-order chi connectivity index (χ1) is 11.7. The van der Waals surface area contributed by atoms with E-state index in [2.05, 4.69) is 34.3 Å². The Morgan fingerprint density at radius 3 is 2.29 bits per heavy atom. The summed E-state index contributed by atoms with van der Waals surface area (Å²) in [5, 5.41) is 2.90. The number of carbonyl (C=O) groups is 1. The molecule has 124 valence electrons. The van der Waals surface area contributed by atoms with E-state index >= 15 is 0 Å². The minimum Gasteiger partial charge on any atom is -0.369 e. The predicted octanol–water partition coefficient (Wildman–Crippen LogP) is 3.09. The van der Waals surface area contributed by atoms with Crippen molar-refractivity contribution >= 4 is 23.4 Å². The number of hydrogen-bond donors (Lipinski definition) is 1. The molecule has 1 fully saturated rings. The molecule has 4 heteroatoms. The van der Waals surface area contributed by atoms with E-state index in [0.717, 1.165) is 37.4 Å². The Morgan fingerprint density at radius 2 is 1.62 bits per heavy atom. The van der Waals surface area contributed by atoms with Gasteiger partial charge in [-0.15, -0.1) is 0 Å². The van der Waals surface area contributed by atoms with E-state index in [0.29, 0.717) is 0 Å². The third kappa shape index (κ3) is 4.46. The molecule has 0 unspecified atom stereocenters. The van der Waals surface area contributed by atoms with Gasteiger partial charge < -0.3 is 15.1 Å². The molecule has 1 saturated heterocycles. The van der Waals surface area contributed by atoms with Gasteiger partial charge in [-0.2, -0.15) is 0 Å². The van der Waals surface area contributed by atoms with Crippen LogP contribution in [0.15, 0.2) is 60.7 Å². The molecule has 0 saturated carbocycles. The molecule has 24 heavy (non-hydrogen) atoms. The zero-order chi connectivity index (χ0) is 16.8. The normalized spacial score (nSPS) is 15.6. The summed E-state index contributed by atoms with van der Waals surface area (Å²) in [6.07, 6.45) is 3.37. The van der Waals surface area contributed by atoms with E-state index < -0.39 is 0 Å². The Morgan fingerprint density at radius 1 is 0.958 bits per heavy atom. The summed E-state index contributed by atoms with van der Waals surface area (Å²) in [5.74, 6) is -0.119. The number of anilines is 2. The van der Waals surface area contributed by atoms with E-state index in [9.17, 15) is 4.79 Å². The molecule has 1 N–H and O–H groups in total. The zero-order valence-corrected chi connectivity index (χ0v) is 14.0. The predicted molar refractivity (Wildman–Crippen MR) is 100 cm³/mol. The highest BCUT2D eigenvalue weighted by atomic mass is 16.1. The van der Waals surface area contributed by atoms with Crippen molar-refractivity contribution in [1.82, 2.24) is 4.90 Å². The van der Waals surface area contributed by atoms with Crippen molar-refractivity contribution in [1.29, 1.82) is 0 Å². The van der Waals surface area contributed by atoms with Gasteiger partial charge in [0.25, 0.3) is 0 Å². The maximum absolute atomic E-state index is 12.0. The number of carbonyl (C=O) groups excluding carboxylic acids is 1. The summed E-state index contributed by atoms with van der Waals surface area (Å²) in [6, 6.07) is 17.9. The number of benzene rings is 2. The summed E-state index contributed by atoms with van der Waals surface area (Å²) >= 11 is 0. The minimum atomic E-state index is -0.119. The van der Waals surface area contributed by atoms with Crippen LogP contribution in [0.3, 0.4) is 0 Å². The number of nitrogens with one attached hydrogen (secondary N) is 1. The van der Waals surface area contributed by atoms with Crippen molar-refractivity contribution in [3.05, 3.63) is 66.2 Å². The summed E-state index contributed by atoms with van der Waals surface area (Å²) in [7, 11) is 2.15. The number of piperazine rings is 1. The van der Waals surface area contributed by atoms with Crippen molar-refractivity contribution < 1.29 is 4.79 Å². The van der Waals surface area contributed by atoms with Gasteiger partial charge in [-0.3, -0.25) is 4.79 Å². The highest BCUT2D eigenvalue weighted by molar-refractivity contribution is 6.02. The second-order valence-electron chi connectivity index (χ2n) is 6.07. The number of hydrogen-bond acceptors (Lipinski definition) is 3. The SMILES string of the molecule is CN1CCN(c2ccc(NC(=O)C=Cc3ccccc3)cc2)CC1. The maximum Gasteiger partial charge on any atom is 0.248 e. The molecule has 0 atom stereocenters. The Bertz CT molecular complexity index is 687. The number of amides is 1. The fourth-order valence-electron chi connectivity index (χ4n) is 2.74. The van der Waals surface area contributed by atoms with E-state index in [1.54, 1.807) is 6.08 Å². The Labute approximate surface area is 143 Å². The van der Waals surface area contributed by atoms with Gasteiger partial charge in [0.15, 0.2) is 0 Å². The fourth-order valence-corrected chi connectivity index (χ4v) is 2.74. The quantitative estimate of drug-likeness (QED) is 0.879. The molecule has 1 amide bonds. The number of rotatable bonds is 4. The van der Waals surface area contributed by atoms with Crippen LogP contribution in [-0.4, -0.2) is 44.0 Å². The molecule has 0 aliphatic carbocycles. The molecule has 3 rings (SSSR count). The molecule has 0 bridgehead atoms. The highest BCUT2D eigenvalue weighted by Crippen LogP contribution is 2.19. The van der Waals surface area contributed by atoms with Crippen LogP contribution in [0.2, 0.25) is 0 Å². The topological polar surface area (TPSA) is 35.6 Å². The van der Waals surface area contributed by atoms with Crippen LogP contribution >= 0.6 is 0 Å². The second kappa shape index (κ2) is 7.79. The molecule has 0 aromatic heterocycles.